The SMILES string of the molecule is Cc1ccccc1CC1(NC(=O)[C@H]2CNC[C@H](C(=O)N3CCOCC3)C2)CC1. The normalized spacial score (nSPS) is 26.5. The minimum Gasteiger partial charge on any atom is -0.378 e. The molecule has 2 heterocycles. The molecule has 6 heteroatoms. The molecule has 1 aromatic carbocycles. The Bertz CT molecular complexity index is 725. The van der Waals surface area contributed by atoms with Crippen LogP contribution in [0.3, 0.4) is 0 Å². The first-order chi connectivity index (χ1) is 13.6. The molecule has 1 saturated carbocycles. The van der Waals surface area contributed by atoms with Crippen LogP contribution >= 0.6 is 0 Å². The van der Waals surface area contributed by atoms with E-state index in [0.29, 0.717) is 45.8 Å². The van der Waals surface area contributed by atoms with Crippen LogP contribution in [-0.2, 0) is 20.7 Å². The summed E-state index contributed by atoms with van der Waals surface area (Å²) >= 11 is 0. The molecule has 2 saturated heterocycles. The Morgan fingerprint density at radius 1 is 1.18 bits per heavy atom. The fourth-order valence-corrected chi connectivity index (χ4v) is 4.40. The molecule has 6 nitrogen and oxygen atoms in total. The molecule has 2 amide bonds. The van der Waals surface area contributed by atoms with Crippen molar-refractivity contribution in [3.05, 3.63) is 35.4 Å². The van der Waals surface area contributed by atoms with Gasteiger partial charge in [-0.25, -0.2) is 0 Å². The maximum absolute atomic E-state index is 13.0. The van der Waals surface area contributed by atoms with Crippen molar-refractivity contribution in [3.63, 3.8) is 0 Å². The van der Waals surface area contributed by atoms with E-state index < -0.39 is 0 Å². The first kappa shape index (κ1) is 19.4. The van der Waals surface area contributed by atoms with Gasteiger partial charge >= 0.3 is 0 Å². The van der Waals surface area contributed by atoms with Crippen LogP contribution < -0.4 is 10.6 Å². The van der Waals surface area contributed by atoms with Crippen LogP contribution in [0.5, 0.6) is 0 Å². The van der Waals surface area contributed by atoms with Crippen LogP contribution in [-0.4, -0.2) is 61.6 Å². The summed E-state index contributed by atoms with van der Waals surface area (Å²) < 4.78 is 5.34. The Balaban J connectivity index is 1.34. The summed E-state index contributed by atoms with van der Waals surface area (Å²) in [6.45, 7) is 5.97. The highest BCUT2D eigenvalue weighted by molar-refractivity contribution is 5.83. The van der Waals surface area contributed by atoms with Gasteiger partial charge in [0.05, 0.1) is 25.0 Å². The Hall–Kier alpha value is -1.92. The zero-order chi connectivity index (χ0) is 19.6. The number of aryl methyl sites for hydroxylation is 1. The van der Waals surface area contributed by atoms with E-state index in [1.54, 1.807) is 0 Å². The molecular formula is C22H31N3O3. The lowest BCUT2D eigenvalue weighted by atomic mass is 9.88. The number of ether oxygens (including phenoxy) is 1. The number of carbonyl (C=O) groups excluding carboxylic acids is 2. The average molecular weight is 386 g/mol. The topological polar surface area (TPSA) is 70.7 Å². The first-order valence-corrected chi connectivity index (χ1v) is 10.5. The maximum Gasteiger partial charge on any atom is 0.227 e. The third-order valence-electron chi connectivity index (χ3n) is 6.43. The number of amides is 2. The van der Waals surface area contributed by atoms with Crippen molar-refractivity contribution < 1.29 is 14.3 Å². The van der Waals surface area contributed by atoms with Crippen molar-refractivity contribution in [3.8, 4) is 0 Å². The van der Waals surface area contributed by atoms with E-state index in [1.807, 2.05) is 4.90 Å². The number of nitrogens with one attached hydrogen (secondary N) is 2. The minimum absolute atomic E-state index is 0.0929. The number of hydrogen-bond donors (Lipinski definition) is 2. The van der Waals surface area contributed by atoms with Crippen molar-refractivity contribution in [2.24, 2.45) is 11.8 Å². The molecular weight excluding hydrogens is 354 g/mol. The Kier molecular flexibility index (Phi) is 5.69. The van der Waals surface area contributed by atoms with Crippen molar-refractivity contribution in [1.82, 2.24) is 15.5 Å². The van der Waals surface area contributed by atoms with Gasteiger partial charge in [0, 0.05) is 31.7 Å². The van der Waals surface area contributed by atoms with Gasteiger partial charge < -0.3 is 20.3 Å². The molecule has 4 rings (SSSR count). The summed E-state index contributed by atoms with van der Waals surface area (Å²) in [6.07, 6.45) is 3.59. The molecule has 1 aliphatic carbocycles. The maximum atomic E-state index is 13.0. The summed E-state index contributed by atoms with van der Waals surface area (Å²) in [6, 6.07) is 8.39. The quantitative estimate of drug-likeness (QED) is 0.801. The second-order valence-corrected chi connectivity index (χ2v) is 8.60. The average Bonchev–Trinajstić information content (AvgIpc) is 3.49. The molecule has 2 atom stereocenters. The number of nitrogens with zero attached hydrogens (tertiary/aromatic N) is 1. The van der Waals surface area contributed by atoms with E-state index in [4.69, 9.17) is 4.74 Å². The molecule has 3 aliphatic rings. The van der Waals surface area contributed by atoms with Crippen molar-refractivity contribution in [2.45, 2.75) is 38.1 Å². The molecule has 0 aromatic heterocycles. The third kappa shape index (κ3) is 4.39. The molecule has 2 N–H and O–H groups in total. The smallest absolute Gasteiger partial charge is 0.227 e. The van der Waals surface area contributed by atoms with E-state index in [0.717, 1.165) is 19.3 Å². The van der Waals surface area contributed by atoms with Gasteiger partial charge in [-0.15, -0.1) is 0 Å². The van der Waals surface area contributed by atoms with E-state index in [9.17, 15) is 9.59 Å². The van der Waals surface area contributed by atoms with E-state index in [1.165, 1.54) is 11.1 Å². The van der Waals surface area contributed by atoms with Crippen LogP contribution in [0, 0.1) is 18.8 Å². The van der Waals surface area contributed by atoms with Crippen molar-refractivity contribution in [2.75, 3.05) is 39.4 Å². The fourth-order valence-electron chi connectivity index (χ4n) is 4.40. The molecule has 1 aromatic rings. The van der Waals surface area contributed by atoms with E-state index in [-0.39, 0.29) is 29.2 Å². The summed E-state index contributed by atoms with van der Waals surface area (Å²) in [5.74, 6) is -0.000357. The molecule has 0 unspecified atom stereocenters. The van der Waals surface area contributed by atoms with Gasteiger partial charge in [-0.3, -0.25) is 9.59 Å². The van der Waals surface area contributed by atoms with Gasteiger partial charge in [0.2, 0.25) is 11.8 Å². The van der Waals surface area contributed by atoms with Gasteiger partial charge in [0.25, 0.3) is 0 Å². The van der Waals surface area contributed by atoms with Gasteiger partial charge in [-0.2, -0.15) is 0 Å². The Labute approximate surface area is 167 Å². The first-order valence-electron chi connectivity index (χ1n) is 10.5. The van der Waals surface area contributed by atoms with Crippen LogP contribution in [0.25, 0.3) is 0 Å². The zero-order valence-corrected chi connectivity index (χ0v) is 16.7. The summed E-state index contributed by atoms with van der Waals surface area (Å²) in [5.41, 5.74) is 2.49. The van der Waals surface area contributed by atoms with Crippen LogP contribution in [0.15, 0.2) is 24.3 Å². The second kappa shape index (κ2) is 8.21. The van der Waals surface area contributed by atoms with Crippen molar-refractivity contribution >= 4 is 11.8 Å². The second-order valence-electron chi connectivity index (χ2n) is 8.60. The lowest BCUT2D eigenvalue weighted by Crippen LogP contribution is -2.52. The summed E-state index contributed by atoms with van der Waals surface area (Å²) in [7, 11) is 0. The monoisotopic (exact) mass is 385 g/mol. The number of rotatable bonds is 5. The molecule has 0 radical (unpaired) electrons. The molecule has 3 fully saturated rings. The number of carbonyl (C=O) groups is 2. The number of hydrogen-bond acceptors (Lipinski definition) is 4. The Morgan fingerprint density at radius 2 is 1.89 bits per heavy atom. The van der Waals surface area contributed by atoms with Crippen LogP contribution in [0.4, 0.5) is 0 Å². The zero-order valence-electron chi connectivity index (χ0n) is 16.7. The highest BCUT2D eigenvalue weighted by Crippen LogP contribution is 2.39. The van der Waals surface area contributed by atoms with Gasteiger partial charge in [0.15, 0.2) is 0 Å². The predicted octanol–water partition coefficient (Wildman–Crippen LogP) is 1.27. The largest absolute Gasteiger partial charge is 0.378 e. The number of piperidine rings is 1. The summed E-state index contributed by atoms with van der Waals surface area (Å²) in [5, 5.41) is 6.64. The van der Waals surface area contributed by atoms with Crippen LogP contribution in [0.1, 0.15) is 30.4 Å². The highest BCUT2D eigenvalue weighted by Gasteiger charge is 2.45. The molecule has 2 aliphatic heterocycles. The molecule has 0 spiro atoms. The lowest BCUT2D eigenvalue weighted by molar-refractivity contribution is -0.141. The van der Waals surface area contributed by atoms with E-state index in [2.05, 4.69) is 41.8 Å². The summed E-state index contributed by atoms with van der Waals surface area (Å²) in [4.78, 5) is 27.7. The number of benzene rings is 1. The molecule has 0 bridgehead atoms. The third-order valence-corrected chi connectivity index (χ3v) is 6.43. The predicted molar refractivity (Wildman–Crippen MR) is 107 cm³/mol. The standard InChI is InChI=1S/C22H31N3O3/c1-16-4-2-3-5-17(16)13-22(6-7-22)24-20(26)18-12-19(15-23-14-18)21(27)25-8-10-28-11-9-25/h2-5,18-19,23H,6-15H2,1H3,(H,24,26)/t18-,19-/m1/s1. The van der Waals surface area contributed by atoms with Crippen molar-refractivity contribution in [1.29, 1.82) is 0 Å². The van der Waals surface area contributed by atoms with Crippen LogP contribution in [0.2, 0.25) is 0 Å². The number of morpholine rings is 1. The van der Waals surface area contributed by atoms with Gasteiger partial charge in [0.1, 0.15) is 0 Å². The Morgan fingerprint density at radius 3 is 2.61 bits per heavy atom. The highest BCUT2D eigenvalue weighted by atomic mass is 16.5. The minimum atomic E-state index is -0.141. The van der Waals surface area contributed by atoms with E-state index >= 15 is 0 Å². The lowest BCUT2D eigenvalue weighted by Gasteiger charge is -2.35. The molecule has 28 heavy (non-hydrogen) atoms. The van der Waals surface area contributed by atoms with Gasteiger partial charge in [-0.1, -0.05) is 24.3 Å². The van der Waals surface area contributed by atoms with Gasteiger partial charge in [-0.05, 0) is 43.7 Å². The fraction of sp³-hybridized carbons (Fsp3) is 0.636. The molecule has 152 valence electrons.